The van der Waals surface area contributed by atoms with Gasteiger partial charge < -0.3 is 10.2 Å². The minimum atomic E-state index is -0.682. The molecule has 0 spiro atoms. The average molecular weight is 378 g/mol. The molecular formula is C22H26N4O2. The Morgan fingerprint density at radius 1 is 1.04 bits per heavy atom. The van der Waals surface area contributed by atoms with E-state index in [4.69, 9.17) is 0 Å². The van der Waals surface area contributed by atoms with Gasteiger partial charge in [-0.3, -0.25) is 4.90 Å². The maximum atomic E-state index is 10.8. The summed E-state index contributed by atoms with van der Waals surface area (Å²) < 4.78 is 1.84. The summed E-state index contributed by atoms with van der Waals surface area (Å²) in [5.74, 6) is 0.554. The fourth-order valence-electron chi connectivity index (χ4n) is 4.20. The van der Waals surface area contributed by atoms with Gasteiger partial charge in [0.15, 0.2) is 0 Å². The van der Waals surface area contributed by atoms with E-state index in [2.05, 4.69) is 15.2 Å². The van der Waals surface area contributed by atoms with Gasteiger partial charge in [0.25, 0.3) is 0 Å². The lowest BCUT2D eigenvalue weighted by Crippen LogP contribution is -2.60. The average Bonchev–Trinajstić information content (AvgIpc) is 3.09. The first-order valence-corrected chi connectivity index (χ1v) is 9.55. The van der Waals surface area contributed by atoms with E-state index in [0.29, 0.717) is 19.5 Å². The third-order valence-corrected chi connectivity index (χ3v) is 6.13. The Labute approximate surface area is 164 Å². The molecule has 6 nitrogen and oxygen atoms in total. The number of hydrogen-bond acceptors (Lipinski definition) is 5. The lowest BCUT2D eigenvalue weighted by Gasteiger charge is -2.51. The van der Waals surface area contributed by atoms with E-state index in [1.165, 1.54) is 0 Å². The molecule has 28 heavy (non-hydrogen) atoms. The molecule has 1 aromatic carbocycles. The van der Waals surface area contributed by atoms with Crippen LogP contribution in [0.3, 0.4) is 0 Å². The van der Waals surface area contributed by atoms with E-state index in [0.717, 1.165) is 16.6 Å². The molecular weight excluding hydrogens is 352 g/mol. The van der Waals surface area contributed by atoms with E-state index >= 15 is 0 Å². The van der Waals surface area contributed by atoms with Crippen LogP contribution in [0.15, 0.2) is 66.2 Å². The van der Waals surface area contributed by atoms with Crippen molar-refractivity contribution in [1.29, 1.82) is 0 Å². The van der Waals surface area contributed by atoms with Gasteiger partial charge in [-0.15, -0.1) is 5.10 Å². The van der Waals surface area contributed by atoms with E-state index in [9.17, 15) is 10.2 Å². The number of aliphatic hydroxyl groups excluding tert-OH is 2. The number of fused-ring (bicyclic) bond motifs is 1. The predicted molar refractivity (Wildman–Crippen MR) is 110 cm³/mol. The van der Waals surface area contributed by atoms with E-state index in [-0.39, 0.29) is 11.5 Å². The number of benzene rings is 1. The summed E-state index contributed by atoms with van der Waals surface area (Å²) in [4.78, 5) is 2.13. The molecule has 0 saturated carbocycles. The van der Waals surface area contributed by atoms with Crippen molar-refractivity contribution >= 4 is 11.0 Å². The Morgan fingerprint density at radius 2 is 1.64 bits per heavy atom. The normalized spacial score (nSPS) is 27.3. The summed E-state index contributed by atoms with van der Waals surface area (Å²) in [5.41, 5.74) is 1.50. The van der Waals surface area contributed by atoms with Gasteiger partial charge in [-0.2, -0.15) is 0 Å². The highest BCUT2D eigenvalue weighted by Crippen LogP contribution is 2.41. The van der Waals surface area contributed by atoms with Crippen molar-refractivity contribution in [2.75, 3.05) is 0 Å². The molecule has 1 aromatic heterocycles. The number of rotatable bonds is 4. The Morgan fingerprint density at radius 3 is 2.21 bits per heavy atom. The monoisotopic (exact) mass is 378 g/mol. The molecule has 4 rings (SSSR count). The van der Waals surface area contributed by atoms with Crippen LogP contribution in [0.25, 0.3) is 11.0 Å². The Hall–Kier alpha value is -2.86. The molecule has 0 aliphatic heterocycles. The first-order valence-electron chi connectivity index (χ1n) is 9.55. The van der Waals surface area contributed by atoms with Crippen LogP contribution in [0.5, 0.6) is 0 Å². The topological polar surface area (TPSA) is 74.4 Å². The summed E-state index contributed by atoms with van der Waals surface area (Å²) in [6.07, 6.45) is 12.5. The van der Waals surface area contributed by atoms with Gasteiger partial charge in [-0.25, -0.2) is 4.68 Å². The lowest BCUT2D eigenvalue weighted by atomic mass is 9.81. The molecule has 0 saturated heterocycles. The van der Waals surface area contributed by atoms with Crippen LogP contribution < -0.4 is 0 Å². The number of aliphatic hydroxyl groups is 2. The standard InChI is InChI=1S/C22H26N4O2/c1-16-9-8-10-17-20(16)23-24-25(17)15-26(21(2)13-6-4-11-18(21)27)22(3)14-7-5-12-19(22)28/h4-12,27-28H,13-15H2,1-3H3. The molecule has 0 amide bonds. The quantitative estimate of drug-likeness (QED) is 0.829. The largest absolute Gasteiger partial charge is 0.510 e. The second-order valence-electron chi connectivity index (χ2n) is 8.02. The van der Waals surface area contributed by atoms with Gasteiger partial charge in [0.1, 0.15) is 17.0 Å². The maximum absolute atomic E-state index is 10.8. The molecule has 146 valence electrons. The summed E-state index contributed by atoms with van der Waals surface area (Å²) in [5, 5.41) is 30.4. The predicted octanol–water partition coefficient (Wildman–Crippen LogP) is 4.32. The molecule has 0 fully saturated rings. The maximum Gasteiger partial charge on any atom is 0.116 e. The Bertz CT molecular complexity index is 990. The summed E-state index contributed by atoms with van der Waals surface area (Å²) in [6.45, 7) is 6.40. The third kappa shape index (κ3) is 2.76. The minimum absolute atomic E-state index is 0.277. The molecule has 2 atom stereocenters. The van der Waals surface area contributed by atoms with Crippen molar-refractivity contribution in [3.8, 4) is 0 Å². The van der Waals surface area contributed by atoms with Crippen molar-refractivity contribution in [3.63, 3.8) is 0 Å². The molecule has 1 heterocycles. The second kappa shape index (κ2) is 6.63. The molecule has 0 radical (unpaired) electrons. The number of nitrogens with zero attached hydrogens (tertiary/aromatic N) is 4. The zero-order chi connectivity index (χ0) is 19.9. The highest BCUT2D eigenvalue weighted by Gasteiger charge is 2.48. The van der Waals surface area contributed by atoms with Crippen molar-refractivity contribution < 1.29 is 10.2 Å². The number of aryl methyl sites for hydroxylation is 1. The van der Waals surface area contributed by atoms with Gasteiger partial charge in [0, 0.05) is 0 Å². The van der Waals surface area contributed by atoms with Gasteiger partial charge in [-0.05, 0) is 57.4 Å². The van der Waals surface area contributed by atoms with Gasteiger partial charge >= 0.3 is 0 Å². The highest BCUT2D eigenvalue weighted by molar-refractivity contribution is 5.77. The van der Waals surface area contributed by atoms with E-state index in [1.54, 1.807) is 12.2 Å². The van der Waals surface area contributed by atoms with Crippen LogP contribution in [0.1, 0.15) is 32.3 Å². The first kappa shape index (κ1) is 18.5. The van der Waals surface area contributed by atoms with Crippen LogP contribution in [0, 0.1) is 6.92 Å². The van der Waals surface area contributed by atoms with E-state index < -0.39 is 11.1 Å². The third-order valence-electron chi connectivity index (χ3n) is 6.13. The lowest BCUT2D eigenvalue weighted by molar-refractivity contribution is -0.0330. The van der Waals surface area contributed by atoms with Crippen molar-refractivity contribution in [1.82, 2.24) is 19.9 Å². The van der Waals surface area contributed by atoms with Gasteiger partial charge in [-0.1, -0.05) is 41.7 Å². The Balaban J connectivity index is 1.83. The van der Waals surface area contributed by atoms with Crippen molar-refractivity contribution in [2.45, 2.75) is 51.4 Å². The van der Waals surface area contributed by atoms with Crippen LogP contribution >= 0.6 is 0 Å². The molecule has 2 aliphatic rings. The fraction of sp³-hybridized carbons (Fsp3) is 0.364. The number of aromatic nitrogens is 3. The molecule has 2 unspecified atom stereocenters. The summed E-state index contributed by atoms with van der Waals surface area (Å²) in [7, 11) is 0. The zero-order valence-electron chi connectivity index (χ0n) is 16.5. The van der Waals surface area contributed by atoms with Crippen LogP contribution in [-0.2, 0) is 6.67 Å². The molecule has 2 aromatic rings. The number of allylic oxidation sites excluding steroid dienone is 4. The van der Waals surface area contributed by atoms with Crippen molar-refractivity contribution in [2.24, 2.45) is 0 Å². The second-order valence-corrected chi connectivity index (χ2v) is 8.02. The SMILES string of the molecule is Cc1cccc2c1nnn2CN(C1(C)CC=CC=C1O)C1(C)CC=CC=C1O. The molecule has 2 aliphatic carbocycles. The highest BCUT2D eigenvalue weighted by atomic mass is 16.3. The smallest absolute Gasteiger partial charge is 0.116 e. The van der Waals surface area contributed by atoms with E-state index in [1.807, 2.05) is 68.0 Å². The zero-order valence-corrected chi connectivity index (χ0v) is 16.5. The number of hydrogen-bond donors (Lipinski definition) is 2. The van der Waals surface area contributed by atoms with Crippen LogP contribution in [0.4, 0.5) is 0 Å². The molecule has 2 N–H and O–H groups in total. The van der Waals surface area contributed by atoms with Crippen LogP contribution in [0.2, 0.25) is 0 Å². The Kier molecular flexibility index (Phi) is 4.38. The minimum Gasteiger partial charge on any atom is -0.510 e. The van der Waals surface area contributed by atoms with Crippen molar-refractivity contribution in [3.05, 3.63) is 71.7 Å². The molecule has 6 heteroatoms. The fourth-order valence-corrected chi connectivity index (χ4v) is 4.20. The summed E-state index contributed by atoms with van der Waals surface area (Å²) >= 11 is 0. The summed E-state index contributed by atoms with van der Waals surface area (Å²) in [6, 6.07) is 6.01. The molecule has 0 bridgehead atoms. The van der Waals surface area contributed by atoms with Gasteiger partial charge in [0.05, 0.1) is 23.3 Å². The first-order chi connectivity index (χ1) is 13.4. The van der Waals surface area contributed by atoms with Gasteiger partial charge in [0.2, 0.25) is 0 Å². The van der Waals surface area contributed by atoms with Crippen LogP contribution in [-0.4, -0.2) is 41.2 Å².